The highest BCUT2D eigenvalue weighted by Crippen LogP contribution is 2.33. The predicted molar refractivity (Wildman–Crippen MR) is 83.6 cm³/mol. The molecule has 0 spiro atoms. The Labute approximate surface area is 129 Å². The van der Waals surface area contributed by atoms with E-state index in [1.54, 1.807) is 16.2 Å². The third kappa shape index (κ3) is 2.59. The Hall–Kier alpha value is -1.36. The predicted octanol–water partition coefficient (Wildman–Crippen LogP) is 2.22. The van der Waals surface area contributed by atoms with Crippen LogP contribution in [0.4, 0.5) is 0 Å². The Bertz CT molecular complexity index is 567. The first kappa shape index (κ1) is 14.6. The summed E-state index contributed by atoms with van der Waals surface area (Å²) in [6, 6.07) is -0.315. The third-order valence-corrected chi connectivity index (χ3v) is 5.66. The topological polar surface area (TPSA) is 49.4 Å². The standard InChI is InChI=1S/C16H22N2O2S/c1-3-13-15(19)17-6-7-18(13)16(20)12-9-21-14-8-10(2)4-5-11(12)14/h9-10,13H,3-8H2,1-2H3,(H,17,19). The van der Waals surface area contributed by atoms with E-state index in [1.165, 1.54) is 10.4 Å². The van der Waals surface area contributed by atoms with Crippen LogP contribution in [0, 0.1) is 5.92 Å². The summed E-state index contributed by atoms with van der Waals surface area (Å²) in [6.45, 7) is 5.40. The van der Waals surface area contributed by atoms with Crippen LogP contribution >= 0.6 is 11.3 Å². The zero-order valence-corrected chi connectivity index (χ0v) is 13.5. The van der Waals surface area contributed by atoms with Crippen LogP contribution in [-0.2, 0) is 17.6 Å². The molecule has 5 heteroatoms. The molecule has 0 aromatic carbocycles. The van der Waals surface area contributed by atoms with E-state index in [9.17, 15) is 9.59 Å². The highest BCUT2D eigenvalue weighted by molar-refractivity contribution is 7.10. The largest absolute Gasteiger partial charge is 0.353 e. The van der Waals surface area contributed by atoms with Crippen molar-refractivity contribution in [3.63, 3.8) is 0 Å². The van der Waals surface area contributed by atoms with E-state index in [1.807, 2.05) is 12.3 Å². The first-order chi connectivity index (χ1) is 10.1. The quantitative estimate of drug-likeness (QED) is 0.911. The van der Waals surface area contributed by atoms with Crippen molar-refractivity contribution in [1.82, 2.24) is 10.2 Å². The van der Waals surface area contributed by atoms with Crippen molar-refractivity contribution in [2.45, 2.75) is 45.6 Å². The lowest BCUT2D eigenvalue weighted by atomic mass is 9.88. The molecule has 1 aromatic rings. The molecule has 2 atom stereocenters. The van der Waals surface area contributed by atoms with Crippen LogP contribution in [-0.4, -0.2) is 35.8 Å². The summed E-state index contributed by atoms with van der Waals surface area (Å²) in [4.78, 5) is 28.0. The Balaban J connectivity index is 1.87. The molecule has 0 radical (unpaired) electrons. The normalized spacial score (nSPS) is 25.4. The van der Waals surface area contributed by atoms with Gasteiger partial charge in [0.25, 0.3) is 5.91 Å². The molecule has 1 fully saturated rings. The number of amides is 2. The van der Waals surface area contributed by atoms with Crippen LogP contribution in [0.15, 0.2) is 5.38 Å². The van der Waals surface area contributed by atoms with Gasteiger partial charge in [0.05, 0.1) is 5.56 Å². The van der Waals surface area contributed by atoms with Crippen molar-refractivity contribution < 1.29 is 9.59 Å². The number of carbonyl (C=O) groups is 2. The number of rotatable bonds is 2. The number of nitrogens with one attached hydrogen (secondary N) is 1. The second-order valence-corrected chi connectivity index (χ2v) is 7.08. The van der Waals surface area contributed by atoms with Gasteiger partial charge in [-0.15, -0.1) is 11.3 Å². The van der Waals surface area contributed by atoms with Crippen molar-refractivity contribution in [3.8, 4) is 0 Å². The molecule has 2 aliphatic rings. The Morgan fingerprint density at radius 1 is 1.52 bits per heavy atom. The maximum atomic E-state index is 12.9. The van der Waals surface area contributed by atoms with E-state index in [2.05, 4.69) is 12.2 Å². The molecule has 2 amide bonds. The van der Waals surface area contributed by atoms with Gasteiger partial charge in [0, 0.05) is 23.3 Å². The second kappa shape index (κ2) is 5.79. The fourth-order valence-electron chi connectivity index (χ4n) is 3.38. The summed E-state index contributed by atoms with van der Waals surface area (Å²) in [6.07, 6.45) is 3.91. The summed E-state index contributed by atoms with van der Waals surface area (Å²) in [5.74, 6) is 0.738. The molecule has 0 saturated carbocycles. The van der Waals surface area contributed by atoms with Crippen molar-refractivity contribution in [1.29, 1.82) is 0 Å². The van der Waals surface area contributed by atoms with Gasteiger partial charge < -0.3 is 10.2 Å². The molecule has 0 bridgehead atoms. The minimum atomic E-state index is -0.315. The third-order valence-electron chi connectivity index (χ3n) is 4.61. The van der Waals surface area contributed by atoms with Gasteiger partial charge in [-0.3, -0.25) is 9.59 Å². The lowest BCUT2D eigenvalue weighted by Crippen LogP contribution is -2.57. The molecular formula is C16H22N2O2S. The fourth-order valence-corrected chi connectivity index (χ4v) is 4.61. The van der Waals surface area contributed by atoms with Crippen LogP contribution in [0.5, 0.6) is 0 Å². The van der Waals surface area contributed by atoms with Gasteiger partial charge in [-0.05, 0) is 37.2 Å². The van der Waals surface area contributed by atoms with Gasteiger partial charge in [-0.2, -0.15) is 0 Å². The summed E-state index contributed by atoms with van der Waals surface area (Å²) in [5.41, 5.74) is 2.08. The van der Waals surface area contributed by atoms with Gasteiger partial charge in [-0.25, -0.2) is 0 Å². The number of fused-ring (bicyclic) bond motifs is 1. The van der Waals surface area contributed by atoms with Gasteiger partial charge in [0.2, 0.25) is 5.91 Å². The monoisotopic (exact) mass is 306 g/mol. The fraction of sp³-hybridized carbons (Fsp3) is 0.625. The van der Waals surface area contributed by atoms with E-state index in [0.717, 1.165) is 24.8 Å². The van der Waals surface area contributed by atoms with Crippen LogP contribution < -0.4 is 5.32 Å². The van der Waals surface area contributed by atoms with Crippen LogP contribution in [0.1, 0.15) is 47.5 Å². The molecular weight excluding hydrogens is 284 g/mol. The van der Waals surface area contributed by atoms with E-state index in [0.29, 0.717) is 25.4 Å². The number of piperazine rings is 1. The first-order valence-electron chi connectivity index (χ1n) is 7.79. The highest BCUT2D eigenvalue weighted by Gasteiger charge is 2.34. The molecule has 1 aliphatic heterocycles. The molecule has 1 aromatic heterocycles. The lowest BCUT2D eigenvalue weighted by Gasteiger charge is -2.34. The van der Waals surface area contributed by atoms with E-state index >= 15 is 0 Å². The van der Waals surface area contributed by atoms with Gasteiger partial charge >= 0.3 is 0 Å². The van der Waals surface area contributed by atoms with Gasteiger partial charge in [-0.1, -0.05) is 13.8 Å². The zero-order chi connectivity index (χ0) is 15.0. The number of carbonyl (C=O) groups excluding carboxylic acids is 2. The number of thiophene rings is 1. The molecule has 4 nitrogen and oxygen atoms in total. The minimum Gasteiger partial charge on any atom is -0.353 e. The Kier molecular flexibility index (Phi) is 4.02. The molecule has 1 aliphatic carbocycles. The molecule has 114 valence electrons. The molecule has 1 saturated heterocycles. The van der Waals surface area contributed by atoms with Crippen molar-refractivity contribution in [2.24, 2.45) is 5.92 Å². The van der Waals surface area contributed by atoms with E-state index in [-0.39, 0.29) is 17.9 Å². The number of nitrogens with zero attached hydrogens (tertiary/aromatic N) is 1. The Morgan fingerprint density at radius 2 is 2.33 bits per heavy atom. The SMILES string of the molecule is CCC1C(=O)NCCN1C(=O)c1csc2c1CCC(C)C2. The average Bonchev–Trinajstić information content (AvgIpc) is 2.89. The summed E-state index contributed by atoms with van der Waals surface area (Å²) >= 11 is 1.71. The van der Waals surface area contributed by atoms with E-state index < -0.39 is 0 Å². The Morgan fingerprint density at radius 3 is 3.10 bits per heavy atom. The highest BCUT2D eigenvalue weighted by atomic mass is 32.1. The van der Waals surface area contributed by atoms with Crippen molar-refractivity contribution in [3.05, 3.63) is 21.4 Å². The van der Waals surface area contributed by atoms with Crippen LogP contribution in [0.3, 0.4) is 0 Å². The number of hydrogen-bond acceptors (Lipinski definition) is 3. The van der Waals surface area contributed by atoms with Gasteiger partial charge in [0.1, 0.15) is 6.04 Å². The molecule has 21 heavy (non-hydrogen) atoms. The van der Waals surface area contributed by atoms with Crippen LogP contribution in [0.2, 0.25) is 0 Å². The van der Waals surface area contributed by atoms with Crippen molar-refractivity contribution >= 4 is 23.2 Å². The van der Waals surface area contributed by atoms with Gasteiger partial charge in [0.15, 0.2) is 0 Å². The second-order valence-electron chi connectivity index (χ2n) is 6.11. The maximum absolute atomic E-state index is 12.9. The summed E-state index contributed by atoms with van der Waals surface area (Å²) in [7, 11) is 0. The zero-order valence-electron chi connectivity index (χ0n) is 12.6. The van der Waals surface area contributed by atoms with Crippen LogP contribution in [0.25, 0.3) is 0 Å². The number of hydrogen-bond donors (Lipinski definition) is 1. The molecule has 3 rings (SSSR count). The smallest absolute Gasteiger partial charge is 0.255 e. The van der Waals surface area contributed by atoms with E-state index in [4.69, 9.17) is 0 Å². The maximum Gasteiger partial charge on any atom is 0.255 e. The molecule has 2 heterocycles. The minimum absolute atomic E-state index is 0.0187. The molecule has 1 N–H and O–H groups in total. The average molecular weight is 306 g/mol. The lowest BCUT2D eigenvalue weighted by molar-refractivity contribution is -0.127. The summed E-state index contributed by atoms with van der Waals surface area (Å²) < 4.78 is 0. The molecule has 2 unspecified atom stereocenters. The summed E-state index contributed by atoms with van der Waals surface area (Å²) in [5, 5.41) is 4.86. The van der Waals surface area contributed by atoms with Crippen molar-refractivity contribution in [2.75, 3.05) is 13.1 Å². The first-order valence-corrected chi connectivity index (χ1v) is 8.67.